The van der Waals surface area contributed by atoms with Crippen LogP contribution in [0.25, 0.3) is 0 Å². The number of nitrogens with one attached hydrogen (secondary N) is 2. The van der Waals surface area contributed by atoms with Gasteiger partial charge >= 0.3 is 0 Å². The number of fused-ring (bicyclic) bond motifs is 1. The summed E-state index contributed by atoms with van der Waals surface area (Å²) in [7, 11) is 0.187. The van der Waals surface area contributed by atoms with Crippen LogP contribution in [0.4, 0.5) is 11.4 Å². The van der Waals surface area contributed by atoms with Gasteiger partial charge in [-0.1, -0.05) is 13.3 Å². The van der Waals surface area contributed by atoms with Gasteiger partial charge in [-0.15, -0.1) is 0 Å². The van der Waals surface area contributed by atoms with Gasteiger partial charge in [-0.25, -0.2) is 13.1 Å². The summed E-state index contributed by atoms with van der Waals surface area (Å²) in [6.07, 6.45) is 1.95. The Morgan fingerprint density at radius 3 is 2.70 bits per heavy atom. The normalized spacial score (nSPS) is 18.1. The zero-order valence-corrected chi connectivity index (χ0v) is 12.8. The maximum absolute atomic E-state index is 12.2. The van der Waals surface area contributed by atoms with Crippen LogP contribution in [0, 0.1) is 0 Å². The van der Waals surface area contributed by atoms with Crippen molar-refractivity contribution in [1.29, 1.82) is 0 Å². The molecule has 0 fully saturated rings. The number of nitrogens with zero attached hydrogens (tertiary/aromatic N) is 2. The van der Waals surface area contributed by atoms with E-state index in [1.165, 1.54) is 0 Å². The van der Waals surface area contributed by atoms with Crippen LogP contribution in [0.1, 0.15) is 19.8 Å². The second kappa shape index (κ2) is 5.70. The van der Waals surface area contributed by atoms with E-state index in [1.54, 1.807) is 12.1 Å². The van der Waals surface area contributed by atoms with E-state index in [1.807, 2.05) is 25.1 Å². The number of sulfonamides is 1. The summed E-state index contributed by atoms with van der Waals surface area (Å²) in [5.74, 6) is 0.295. The van der Waals surface area contributed by atoms with Crippen LogP contribution >= 0.6 is 0 Å². The molecule has 0 amide bonds. The van der Waals surface area contributed by atoms with Crippen LogP contribution in [-0.4, -0.2) is 35.0 Å². The lowest BCUT2D eigenvalue weighted by molar-refractivity contribution is 0.591. The fourth-order valence-corrected chi connectivity index (χ4v) is 3.04. The minimum Gasteiger partial charge on any atom is -0.378 e. The van der Waals surface area contributed by atoms with Crippen LogP contribution in [0.5, 0.6) is 0 Å². The highest BCUT2D eigenvalue weighted by Gasteiger charge is 2.26. The van der Waals surface area contributed by atoms with Crippen molar-refractivity contribution in [2.75, 3.05) is 30.9 Å². The maximum atomic E-state index is 12.2. The molecule has 0 atom stereocenters. The van der Waals surface area contributed by atoms with E-state index in [-0.39, 0.29) is 4.90 Å². The third-order valence-electron chi connectivity index (χ3n) is 3.04. The summed E-state index contributed by atoms with van der Waals surface area (Å²) in [5.41, 5.74) is 1.40. The number of benzene rings is 1. The molecule has 0 spiro atoms. The lowest BCUT2D eigenvalue weighted by Gasteiger charge is -2.23. The van der Waals surface area contributed by atoms with Gasteiger partial charge in [-0.3, -0.25) is 4.99 Å². The Kier molecular flexibility index (Phi) is 4.17. The number of unbranched alkanes of at least 4 members (excludes halogenated alkanes) is 1. The second-order valence-corrected chi connectivity index (χ2v) is 6.54. The number of rotatable bonds is 4. The lowest BCUT2D eigenvalue weighted by Crippen LogP contribution is -2.41. The molecule has 1 aliphatic heterocycles. The Hall–Kier alpha value is -1.76. The highest BCUT2D eigenvalue weighted by molar-refractivity contribution is 7.90. The van der Waals surface area contributed by atoms with Crippen molar-refractivity contribution in [3.8, 4) is 0 Å². The monoisotopic (exact) mass is 296 g/mol. The summed E-state index contributed by atoms with van der Waals surface area (Å²) in [6, 6.07) is 5.28. The first-order valence-electron chi connectivity index (χ1n) is 6.59. The molecule has 0 aromatic heterocycles. The molecular formula is C13H20N4O2S. The molecule has 0 aliphatic carbocycles. The van der Waals surface area contributed by atoms with Gasteiger partial charge in [0, 0.05) is 26.3 Å². The number of aliphatic imine (C=N–C) groups is 1. The Morgan fingerprint density at radius 2 is 2.05 bits per heavy atom. The number of guanidine groups is 1. The third kappa shape index (κ3) is 3.04. The van der Waals surface area contributed by atoms with Gasteiger partial charge in [0.2, 0.25) is 5.96 Å². The highest BCUT2D eigenvalue weighted by Crippen LogP contribution is 2.28. The summed E-state index contributed by atoms with van der Waals surface area (Å²) in [5, 5.41) is 3.02. The van der Waals surface area contributed by atoms with E-state index >= 15 is 0 Å². The molecule has 6 nitrogen and oxygen atoms in total. The SMILES string of the molecule is CCCCN=C1Nc2ccc(N(C)C)cc2S(=O)(=O)N1. The molecule has 1 aliphatic rings. The molecule has 0 saturated carbocycles. The second-order valence-electron chi connectivity index (χ2n) is 4.89. The molecule has 1 aromatic carbocycles. The number of anilines is 2. The smallest absolute Gasteiger partial charge is 0.266 e. The molecule has 0 radical (unpaired) electrons. The molecule has 1 aromatic rings. The van der Waals surface area contributed by atoms with Gasteiger partial charge in [0.25, 0.3) is 10.0 Å². The van der Waals surface area contributed by atoms with Crippen LogP contribution in [0.2, 0.25) is 0 Å². The molecule has 0 bridgehead atoms. The first-order chi connectivity index (χ1) is 9.44. The molecule has 2 N–H and O–H groups in total. The van der Waals surface area contributed by atoms with E-state index in [0.717, 1.165) is 18.5 Å². The van der Waals surface area contributed by atoms with Crippen molar-refractivity contribution >= 4 is 27.4 Å². The Labute approximate surface area is 119 Å². The Balaban J connectivity index is 2.35. The minimum atomic E-state index is -3.55. The molecule has 2 rings (SSSR count). The van der Waals surface area contributed by atoms with E-state index in [9.17, 15) is 8.42 Å². The zero-order valence-electron chi connectivity index (χ0n) is 12.0. The predicted octanol–water partition coefficient (Wildman–Crippen LogP) is 1.61. The average molecular weight is 296 g/mol. The van der Waals surface area contributed by atoms with Gasteiger partial charge in [0.05, 0.1) is 5.69 Å². The largest absolute Gasteiger partial charge is 0.378 e. The third-order valence-corrected chi connectivity index (χ3v) is 4.42. The van der Waals surface area contributed by atoms with Crippen LogP contribution in [0.15, 0.2) is 28.1 Å². The molecule has 0 unspecified atom stereocenters. The van der Waals surface area contributed by atoms with E-state index < -0.39 is 10.0 Å². The van der Waals surface area contributed by atoms with E-state index in [0.29, 0.717) is 18.2 Å². The molecule has 1 heterocycles. The van der Waals surface area contributed by atoms with Crippen LogP contribution in [0.3, 0.4) is 0 Å². The molecule has 110 valence electrons. The van der Waals surface area contributed by atoms with Crippen molar-refractivity contribution in [2.45, 2.75) is 24.7 Å². The van der Waals surface area contributed by atoms with Gasteiger partial charge in [-0.2, -0.15) is 0 Å². The fraction of sp³-hybridized carbons (Fsp3) is 0.462. The van der Waals surface area contributed by atoms with E-state index in [2.05, 4.69) is 22.0 Å². The van der Waals surface area contributed by atoms with Gasteiger partial charge in [0.15, 0.2) is 0 Å². The summed E-state index contributed by atoms with van der Waals surface area (Å²) in [4.78, 5) is 6.34. The topological polar surface area (TPSA) is 73.8 Å². The van der Waals surface area contributed by atoms with Crippen molar-refractivity contribution in [1.82, 2.24) is 4.72 Å². The average Bonchev–Trinajstić information content (AvgIpc) is 2.38. The van der Waals surface area contributed by atoms with E-state index in [4.69, 9.17) is 0 Å². The summed E-state index contributed by atoms with van der Waals surface area (Å²) < 4.78 is 26.9. The zero-order chi connectivity index (χ0) is 14.8. The summed E-state index contributed by atoms with van der Waals surface area (Å²) in [6.45, 7) is 2.67. The van der Waals surface area contributed by atoms with Crippen molar-refractivity contribution in [3.63, 3.8) is 0 Å². The minimum absolute atomic E-state index is 0.248. The van der Waals surface area contributed by atoms with Crippen LogP contribution in [-0.2, 0) is 10.0 Å². The Morgan fingerprint density at radius 1 is 1.30 bits per heavy atom. The predicted molar refractivity (Wildman–Crippen MR) is 81.9 cm³/mol. The first-order valence-corrected chi connectivity index (χ1v) is 8.08. The summed E-state index contributed by atoms with van der Waals surface area (Å²) >= 11 is 0. The number of hydrogen-bond acceptors (Lipinski definition) is 4. The van der Waals surface area contributed by atoms with Gasteiger partial charge < -0.3 is 10.2 Å². The van der Waals surface area contributed by atoms with Crippen LogP contribution < -0.4 is 14.9 Å². The van der Waals surface area contributed by atoms with Gasteiger partial charge in [0.1, 0.15) is 4.90 Å². The first kappa shape index (κ1) is 14.6. The highest BCUT2D eigenvalue weighted by atomic mass is 32.2. The fourth-order valence-electron chi connectivity index (χ4n) is 1.87. The maximum Gasteiger partial charge on any atom is 0.266 e. The number of hydrogen-bond donors (Lipinski definition) is 2. The van der Waals surface area contributed by atoms with Crippen molar-refractivity contribution in [3.05, 3.63) is 18.2 Å². The molecule has 20 heavy (non-hydrogen) atoms. The van der Waals surface area contributed by atoms with Gasteiger partial charge in [-0.05, 0) is 24.6 Å². The molecule has 7 heteroatoms. The standard InChI is InChI=1S/C13H20N4O2S/c1-4-5-8-14-13-15-11-7-6-10(17(2)3)9-12(11)20(18,19)16-13/h6-7,9H,4-5,8H2,1-3H3,(H2,14,15,16). The van der Waals surface area contributed by atoms with Crippen molar-refractivity contribution in [2.24, 2.45) is 4.99 Å². The lowest BCUT2D eigenvalue weighted by atomic mass is 10.2. The quantitative estimate of drug-likeness (QED) is 0.828. The van der Waals surface area contributed by atoms with Crippen molar-refractivity contribution < 1.29 is 8.42 Å². The molecular weight excluding hydrogens is 276 g/mol. The Bertz CT molecular complexity index is 623. The molecule has 0 saturated heterocycles.